The number of nitrogens with one attached hydrogen (secondary N) is 1. The average molecular weight is 351 g/mol. The van der Waals surface area contributed by atoms with Crippen LogP contribution in [0.3, 0.4) is 0 Å². The van der Waals surface area contributed by atoms with Crippen LogP contribution in [0.1, 0.15) is 43.3 Å². The molecule has 1 aromatic heterocycles. The standard InChI is InChI=1S/C21H29N5/c1-21(17-8-4-3-5-9-17)11-13-26(16-21)20(22-2)23-14-18-15-25-12-7-6-10-19(25)24-18/h3-5,8-9,15H,6-7,10-14,16H2,1-2H3,(H,22,23). The molecule has 0 saturated carbocycles. The molecule has 3 heterocycles. The highest BCUT2D eigenvalue weighted by Crippen LogP contribution is 2.33. The molecule has 0 amide bonds. The molecule has 0 bridgehead atoms. The van der Waals surface area contributed by atoms with E-state index in [1.165, 1.54) is 24.2 Å². The lowest BCUT2D eigenvalue weighted by Gasteiger charge is -2.27. The fourth-order valence-electron chi connectivity index (χ4n) is 4.28. The second-order valence-electron chi connectivity index (χ2n) is 7.80. The van der Waals surface area contributed by atoms with Crippen molar-refractivity contribution in [2.24, 2.45) is 4.99 Å². The van der Waals surface area contributed by atoms with Gasteiger partial charge in [-0.1, -0.05) is 37.3 Å². The minimum absolute atomic E-state index is 0.187. The van der Waals surface area contributed by atoms with Crippen LogP contribution in [-0.2, 0) is 24.9 Å². The van der Waals surface area contributed by atoms with Gasteiger partial charge >= 0.3 is 0 Å². The van der Waals surface area contributed by atoms with E-state index in [1.54, 1.807) is 0 Å². The number of guanidine groups is 1. The van der Waals surface area contributed by atoms with Crippen molar-refractivity contribution in [3.05, 3.63) is 53.6 Å². The maximum absolute atomic E-state index is 4.79. The van der Waals surface area contributed by atoms with Gasteiger partial charge in [-0.3, -0.25) is 4.99 Å². The van der Waals surface area contributed by atoms with Crippen molar-refractivity contribution >= 4 is 5.96 Å². The largest absolute Gasteiger partial charge is 0.351 e. The number of hydrogen-bond donors (Lipinski definition) is 1. The lowest BCUT2D eigenvalue weighted by molar-refractivity contribution is 0.438. The summed E-state index contributed by atoms with van der Waals surface area (Å²) >= 11 is 0. The summed E-state index contributed by atoms with van der Waals surface area (Å²) in [4.78, 5) is 11.7. The maximum Gasteiger partial charge on any atom is 0.193 e. The number of aromatic nitrogens is 2. The first kappa shape index (κ1) is 17.1. The van der Waals surface area contributed by atoms with E-state index in [-0.39, 0.29) is 5.41 Å². The van der Waals surface area contributed by atoms with Crippen molar-refractivity contribution in [3.63, 3.8) is 0 Å². The summed E-state index contributed by atoms with van der Waals surface area (Å²) in [6, 6.07) is 10.9. The van der Waals surface area contributed by atoms with Gasteiger partial charge < -0.3 is 14.8 Å². The van der Waals surface area contributed by atoms with Crippen LogP contribution < -0.4 is 5.32 Å². The SMILES string of the molecule is CN=C(NCc1cn2c(n1)CCCC2)N1CCC(C)(c2ccccc2)C1. The summed E-state index contributed by atoms with van der Waals surface area (Å²) < 4.78 is 2.31. The molecular weight excluding hydrogens is 322 g/mol. The fraction of sp³-hybridized carbons (Fsp3) is 0.524. The van der Waals surface area contributed by atoms with Crippen LogP contribution in [0.5, 0.6) is 0 Å². The Morgan fingerprint density at radius 2 is 2.08 bits per heavy atom. The van der Waals surface area contributed by atoms with E-state index in [9.17, 15) is 0 Å². The molecular formula is C21H29N5. The van der Waals surface area contributed by atoms with Gasteiger partial charge in [0.25, 0.3) is 0 Å². The predicted octanol–water partition coefficient (Wildman–Crippen LogP) is 2.96. The smallest absolute Gasteiger partial charge is 0.193 e. The van der Waals surface area contributed by atoms with Gasteiger partial charge in [-0.25, -0.2) is 4.98 Å². The van der Waals surface area contributed by atoms with Gasteiger partial charge in [0.1, 0.15) is 5.82 Å². The highest BCUT2D eigenvalue weighted by Gasteiger charge is 2.36. The number of aliphatic imine (C=N–C) groups is 1. The van der Waals surface area contributed by atoms with Crippen molar-refractivity contribution < 1.29 is 0 Å². The van der Waals surface area contributed by atoms with Crippen LogP contribution in [0, 0.1) is 0 Å². The zero-order chi connectivity index (χ0) is 18.0. The fourth-order valence-corrected chi connectivity index (χ4v) is 4.28. The van der Waals surface area contributed by atoms with Gasteiger partial charge in [-0.15, -0.1) is 0 Å². The third-order valence-electron chi connectivity index (χ3n) is 5.84. The average Bonchev–Trinajstić information content (AvgIpc) is 3.27. The molecule has 1 atom stereocenters. The molecule has 0 spiro atoms. The van der Waals surface area contributed by atoms with Gasteiger partial charge in [-0.2, -0.15) is 0 Å². The number of likely N-dealkylation sites (tertiary alicyclic amines) is 1. The summed E-state index contributed by atoms with van der Waals surface area (Å²) in [6.45, 7) is 6.24. The van der Waals surface area contributed by atoms with E-state index in [0.717, 1.165) is 50.7 Å². The molecule has 2 aliphatic heterocycles. The molecule has 1 N–H and O–H groups in total. The van der Waals surface area contributed by atoms with E-state index in [4.69, 9.17) is 4.98 Å². The van der Waals surface area contributed by atoms with Gasteiger partial charge in [0.2, 0.25) is 0 Å². The van der Waals surface area contributed by atoms with E-state index in [2.05, 4.69) is 63.2 Å². The van der Waals surface area contributed by atoms with Crippen LogP contribution in [0.2, 0.25) is 0 Å². The second-order valence-corrected chi connectivity index (χ2v) is 7.80. The highest BCUT2D eigenvalue weighted by molar-refractivity contribution is 5.80. The third kappa shape index (κ3) is 3.35. The minimum Gasteiger partial charge on any atom is -0.351 e. The van der Waals surface area contributed by atoms with Crippen molar-refractivity contribution in [1.29, 1.82) is 0 Å². The third-order valence-corrected chi connectivity index (χ3v) is 5.84. The Morgan fingerprint density at radius 3 is 2.85 bits per heavy atom. The first-order chi connectivity index (χ1) is 12.7. The Bertz CT molecular complexity index is 755. The number of imidazole rings is 1. The van der Waals surface area contributed by atoms with Crippen LogP contribution >= 0.6 is 0 Å². The van der Waals surface area contributed by atoms with E-state index in [0.29, 0.717) is 0 Å². The topological polar surface area (TPSA) is 45.5 Å². The highest BCUT2D eigenvalue weighted by atomic mass is 15.3. The quantitative estimate of drug-likeness (QED) is 0.683. The molecule has 0 radical (unpaired) electrons. The van der Waals surface area contributed by atoms with Crippen molar-refractivity contribution in [2.45, 2.75) is 51.1 Å². The molecule has 0 aliphatic carbocycles. The molecule has 4 rings (SSSR count). The Balaban J connectivity index is 1.40. The molecule has 2 aliphatic rings. The zero-order valence-corrected chi connectivity index (χ0v) is 15.9. The van der Waals surface area contributed by atoms with Gasteiger partial charge in [-0.05, 0) is 24.8 Å². The molecule has 1 fully saturated rings. The molecule has 5 heteroatoms. The lowest BCUT2D eigenvalue weighted by Crippen LogP contribution is -2.41. The summed E-state index contributed by atoms with van der Waals surface area (Å²) in [5, 5.41) is 3.53. The Morgan fingerprint density at radius 1 is 1.23 bits per heavy atom. The molecule has 1 saturated heterocycles. The lowest BCUT2D eigenvalue weighted by atomic mass is 9.82. The number of aryl methyl sites for hydroxylation is 2. The predicted molar refractivity (Wildman–Crippen MR) is 105 cm³/mol. The van der Waals surface area contributed by atoms with E-state index >= 15 is 0 Å². The summed E-state index contributed by atoms with van der Waals surface area (Å²) in [7, 11) is 1.87. The van der Waals surface area contributed by atoms with E-state index < -0.39 is 0 Å². The van der Waals surface area contributed by atoms with Gasteiger partial charge in [0, 0.05) is 44.7 Å². The summed E-state index contributed by atoms with van der Waals surface area (Å²) in [6.07, 6.45) is 6.99. The molecule has 1 unspecified atom stereocenters. The van der Waals surface area contributed by atoms with Crippen LogP contribution in [0.15, 0.2) is 41.5 Å². The zero-order valence-electron chi connectivity index (χ0n) is 15.9. The summed E-state index contributed by atoms with van der Waals surface area (Å²) in [5.41, 5.74) is 2.72. The molecule has 2 aromatic rings. The number of hydrogen-bond acceptors (Lipinski definition) is 2. The molecule has 26 heavy (non-hydrogen) atoms. The Kier molecular flexibility index (Phi) is 4.70. The maximum atomic E-state index is 4.79. The van der Waals surface area contributed by atoms with Crippen LogP contribution in [0.4, 0.5) is 0 Å². The number of benzene rings is 1. The summed E-state index contributed by atoms with van der Waals surface area (Å²) in [5.74, 6) is 2.22. The minimum atomic E-state index is 0.187. The monoisotopic (exact) mass is 351 g/mol. The van der Waals surface area contributed by atoms with Gasteiger partial charge in [0.15, 0.2) is 5.96 Å². The van der Waals surface area contributed by atoms with Crippen molar-refractivity contribution in [1.82, 2.24) is 19.8 Å². The number of nitrogens with zero attached hydrogens (tertiary/aromatic N) is 4. The molecule has 138 valence electrons. The Hall–Kier alpha value is -2.30. The normalized spacial score (nSPS) is 23.2. The van der Waals surface area contributed by atoms with Gasteiger partial charge in [0.05, 0.1) is 12.2 Å². The number of fused-ring (bicyclic) bond motifs is 1. The van der Waals surface area contributed by atoms with Crippen molar-refractivity contribution in [3.8, 4) is 0 Å². The molecule has 5 nitrogen and oxygen atoms in total. The first-order valence-electron chi connectivity index (χ1n) is 9.74. The second kappa shape index (κ2) is 7.14. The number of rotatable bonds is 3. The van der Waals surface area contributed by atoms with E-state index in [1.807, 2.05) is 7.05 Å². The molecule has 1 aromatic carbocycles. The Labute approximate surface area is 156 Å². The van der Waals surface area contributed by atoms with Crippen LogP contribution in [-0.4, -0.2) is 40.5 Å². The first-order valence-corrected chi connectivity index (χ1v) is 9.74. The van der Waals surface area contributed by atoms with Crippen molar-refractivity contribution in [2.75, 3.05) is 20.1 Å². The van der Waals surface area contributed by atoms with Crippen LogP contribution in [0.25, 0.3) is 0 Å².